The quantitative estimate of drug-likeness (QED) is 0.799. The van der Waals surface area contributed by atoms with Gasteiger partial charge in [-0.1, -0.05) is 11.6 Å². The highest BCUT2D eigenvalue weighted by atomic mass is 35.5. The number of hydrogen-bond acceptors (Lipinski definition) is 3. The van der Waals surface area contributed by atoms with Gasteiger partial charge in [0.05, 0.1) is 10.7 Å². The van der Waals surface area contributed by atoms with Crippen molar-refractivity contribution in [2.24, 2.45) is 7.05 Å². The molecule has 1 saturated carbocycles. The predicted molar refractivity (Wildman–Crippen MR) is 67.1 cm³/mol. The molecule has 1 heterocycles. The number of halogens is 1. The van der Waals surface area contributed by atoms with Crippen molar-refractivity contribution < 1.29 is 0 Å². The van der Waals surface area contributed by atoms with Gasteiger partial charge in [0.25, 0.3) is 0 Å². The summed E-state index contributed by atoms with van der Waals surface area (Å²) in [5.41, 5.74) is 2.38. The van der Waals surface area contributed by atoms with Crippen LogP contribution in [0.2, 0.25) is 5.02 Å². The molecule has 3 nitrogen and oxygen atoms in total. The van der Waals surface area contributed by atoms with Gasteiger partial charge in [-0.15, -0.1) is 0 Å². The Morgan fingerprint density at radius 1 is 1.53 bits per heavy atom. The van der Waals surface area contributed by atoms with Crippen LogP contribution in [-0.4, -0.2) is 10.1 Å². The van der Waals surface area contributed by atoms with E-state index in [9.17, 15) is 0 Å². The molecule has 0 unspecified atom stereocenters. The lowest BCUT2D eigenvalue weighted by molar-refractivity contribution is 0.703. The molecule has 1 aromatic rings. The molecular formula is C10H16ClN3S. The topological polar surface area (TPSA) is 29.0 Å². The van der Waals surface area contributed by atoms with Crippen LogP contribution in [0.1, 0.15) is 25.5 Å². The molecule has 15 heavy (non-hydrogen) atoms. The fourth-order valence-electron chi connectivity index (χ4n) is 1.26. The first-order chi connectivity index (χ1) is 7.02. The van der Waals surface area contributed by atoms with E-state index >= 15 is 0 Å². The lowest BCUT2D eigenvalue weighted by Gasteiger charge is -2.10. The molecule has 0 aliphatic heterocycles. The van der Waals surface area contributed by atoms with Crippen LogP contribution in [0.4, 0.5) is 5.69 Å². The highest BCUT2D eigenvalue weighted by molar-refractivity contribution is 7.98. The average molecular weight is 246 g/mol. The number of hydrogen-bond donors (Lipinski definition) is 2. The van der Waals surface area contributed by atoms with Gasteiger partial charge >= 0.3 is 0 Å². The molecule has 0 amide bonds. The zero-order valence-electron chi connectivity index (χ0n) is 9.22. The van der Waals surface area contributed by atoms with Crippen molar-refractivity contribution >= 4 is 29.4 Å². The second kappa shape index (κ2) is 3.92. The molecule has 5 heteroatoms. The van der Waals surface area contributed by atoms with E-state index in [0.29, 0.717) is 5.54 Å². The molecule has 0 aromatic carbocycles. The molecule has 2 N–H and O–H groups in total. The van der Waals surface area contributed by atoms with E-state index in [1.54, 1.807) is 0 Å². The van der Waals surface area contributed by atoms with Gasteiger partial charge in [-0.2, -0.15) is 0 Å². The van der Waals surface area contributed by atoms with Crippen molar-refractivity contribution in [2.45, 2.75) is 32.2 Å². The first kappa shape index (κ1) is 11.2. The Morgan fingerprint density at radius 3 is 2.67 bits per heavy atom. The Labute approximate surface area is 99.8 Å². The normalized spacial score (nSPS) is 17.9. The van der Waals surface area contributed by atoms with E-state index in [0.717, 1.165) is 16.4 Å². The third kappa shape index (κ3) is 2.44. The standard InChI is InChI=1S/C10H16ClN3S/c1-7-9(11)8(6-14(7)3)12-15-13-10(2)4-5-10/h6,12-13H,4-5H2,1-3H3. The molecule has 1 aliphatic rings. The third-order valence-corrected chi connectivity index (χ3v) is 4.26. The molecule has 0 saturated heterocycles. The van der Waals surface area contributed by atoms with E-state index < -0.39 is 0 Å². The van der Waals surface area contributed by atoms with Crippen LogP contribution in [0.3, 0.4) is 0 Å². The Kier molecular flexibility index (Phi) is 2.92. The molecule has 1 fully saturated rings. The second-order valence-corrected chi connectivity index (χ2v) is 5.41. The first-order valence-corrected chi connectivity index (χ1v) is 6.22. The van der Waals surface area contributed by atoms with Crippen LogP contribution in [-0.2, 0) is 7.05 Å². The summed E-state index contributed by atoms with van der Waals surface area (Å²) in [6, 6.07) is 0. The predicted octanol–water partition coefficient (Wildman–Crippen LogP) is 3.10. The summed E-state index contributed by atoms with van der Waals surface area (Å²) in [5.74, 6) is 0. The monoisotopic (exact) mass is 245 g/mol. The smallest absolute Gasteiger partial charge is 0.0852 e. The molecule has 0 bridgehead atoms. The molecule has 1 aromatic heterocycles. The van der Waals surface area contributed by atoms with Crippen LogP contribution in [0, 0.1) is 6.92 Å². The van der Waals surface area contributed by atoms with E-state index in [4.69, 9.17) is 11.6 Å². The van der Waals surface area contributed by atoms with E-state index in [2.05, 4.69) is 16.4 Å². The number of aromatic nitrogens is 1. The largest absolute Gasteiger partial charge is 0.351 e. The number of nitrogens with one attached hydrogen (secondary N) is 2. The van der Waals surface area contributed by atoms with Crippen LogP contribution in [0.25, 0.3) is 0 Å². The molecule has 0 atom stereocenters. The molecule has 84 valence electrons. The van der Waals surface area contributed by atoms with E-state index in [-0.39, 0.29) is 0 Å². The fraction of sp³-hybridized carbons (Fsp3) is 0.600. The lowest BCUT2D eigenvalue weighted by atomic mass is 10.4. The van der Waals surface area contributed by atoms with Crippen molar-refractivity contribution in [3.05, 3.63) is 16.9 Å². The van der Waals surface area contributed by atoms with Gasteiger partial charge in [-0.25, -0.2) is 4.72 Å². The average Bonchev–Trinajstić information content (AvgIpc) is 2.87. The maximum Gasteiger partial charge on any atom is 0.0852 e. The number of aryl methyl sites for hydroxylation is 1. The Bertz CT molecular complexity index is 371. The number of anilines is 1. The molecular weight excluding hydrogens is 230 g/mol. The van der Waals surface area contributed by atoms with Crippen LogP contribution in [0.5, 0.6) is 0 Å². The van der Waals surface area contributed by atoms with Crippen LogP contribution >= 0.6 is 23.7 Å². The zero-order chi connectivity index (χ0) is 11.1. The maximum absolute atomic E-state index is 6.16. The molecule has 0 spiro atoms. The van der Waals surface area contributed by atoms with Crippen molar-refractivity contribution in [1.29, 1.82) is 0 Å². The lowest BCUT2D eigenvalue weighted by Crippen LogP contribution is -2.21. The Hall–Kier alpha value is -0.320. The van der Waals surface area contributed by atoms with Crippen molar-refractivity contribution in [3.63, 3.8) is 0 Å². The Morgan fingerprint density at radius 2 is 2.20 bits per heavy atom. The third-order valence-electron chi connectivity index (χ3n) is 2.86. The molecule has 0 radical (unpaired) electrons. The van der Waals surface area contributed by atoms with E-state index in [1.807, 2.05) is 24.7 Å². The summed E-state index contributed by atoms with van der Waals surface area (Å²) in [6.07, 6.45) is 4.51. The van der Waals surface area contributed by atoms with Crippen molar-refractivity contribution in [1.82, 2.24) is 9.29 Å². The van der Waals surface area contributed by atoms with Gasteiger partial charge in [0, 0.05) is 36.6 Å². The van der Waals surface area contributed by atoms with Crippen LogP contribution < -0.4 is 9.44 Å². The van der Waals surface area contributed by atoms with Gasteiger partial charge in [-0.05, 0) is 26.7 Å². The summed E-state index contributed by atoms with van der Waals surface area (Å²) < 4.78 is 8.62. The fourth-order valence-corrected chi connectivity index (χ4v) is 2.31. The SMILES string of the molecule is Cc1c(Cl)c(NSNC2(C)CC2)cn1C. The Balaban J connectivity index is 1.90. The summed E-state index contributed by atoms with van der Waals surface area (Å²) in [7, 11) is 1.99. The van der Waals surface area contributed by atoms with Gasteiger partial charge in [0.1, 0.15) is 0 Å². The summed E-state index contributed by atoms with van der Waals surface area (Å²) in [6.45, 7) is 4.23. The molecule has 1 aliphatic carbocycles. The minimum Gasteiger partial charge on any atom is -0.351 e. The summed E-state index contributed by atoms with van der Waals surface area (Å²) in [5, 5.41) is 0.799. The molecule has 2 rings (SSSR count). The first-order valence-electron chi connectivity index (χ1n) is 5.02. The number of rotatable bonds is 4. The van der Waals surface area contributed by atoms with Crippen molar-refractivity contribution in [2.75, 3.05) is 4.72 Å². The highest BCUT2D eigenvalue weighted by Crippen LogP contribution is 2.37. The summed E-state index contributed by atoms with van der Waals surface area (Å²) in [4.78, 5) is 0. The second-order valence-electron chi connectivity index (χ2n) is 4.42. The highest BCUT2D eigenvalue weighted by Gasteiger charge is 2.37. The van der Waals surface area contributed by atoms with Crippen LogP contribution in [0.15, 0.2) is 6.20 Å². The minimum absolute atomic E-state index is 0.327. The maximum atomic E-state index is 6.16. The van der Waals surface area contributed by atoms with Crippen molar-refractivity contribution in [3.8, 4) is 0 Å². The van der Waals surface area contributed by atoms with Gasteiger partial charge < -0.3 is 9.29 Å². The van der Waals surface area contributed by atoms with E-state index in [1.165, 1.54) is 25.0 Å². The van der Waals surface area contributed by atoms with Gasteiger partial charge in [0.15, 0.2) is 0 Å². The van der Waals surface area contributed by atoms with Gasteiger partial charge in [-0.3, -0.25) is 0 Å². The minimum atomic E-state index is 0.327. The zero-order valence-corrected chi connectivity index (χ0v) is 10.8. The number of nitrogens with zero attached hydrogens (tertiary/aromatic N) is 1. The summed E-state index contributed by atoms with van der Waals surface area (Å²) >= 11 is 7.67. The van der Waals surface area contributed by atoms with Gasteiger partial charge in [0.2, 0.25) is 0 Å².